The standard InChI is InChI=1S/C8H12N4O5S/c1-6-9-7(12(13)14)8(10-6)18(15,16)11-2-4-17-5-3-11/h2-5H2,1H3,(H,9,10). The average molecular weight is 276 g/mol. The number of hydrogen-bond donors (Lipinski definition) is 1. The van der Waals surface area contributed by atoms with Gasteiger partial charge in [0.15, 0.2) is 5.82 Å². The summed E-state index contributed by atoms with van der Waals surface area (Å²) in [7, 11) is -3.95. The first-order valence-corrected chi connectivity index (χ1v) is 6.66. The third-order valence-electron chi connectivity index (χ3n) is 2.51. The summed E-state index contributed by atoms with van der Waals surface area (Å²) in [5.41, 5.74) is 0. The first-order chi connectivity index (χ1) is 8.43. The highest BCUT2D eigenvalue weighted by atomic mass is 32.2. The maximum atomic E-state index is 12.2. The normalized spacial score (nSPS) is 17.8. The zero-order valence-corrected chi connectivity index (χ0v) is 10.4. The van der Waals surface area contributed by atoms with Gasteiger partial charge in [-0.25, -0.2) is 13.4 Å². The van der Waals surface area contributed by atoms with E-state index in [-0.39, 0.29) is 32.1 Å². The lowest BCUT2D eigenvalue weighted by molar-refractivity contribution is -0.392. The Morgan fingerprint density at radius 2 is 2.06 bits per heavy atom. The molecule has 2 heterocycles. The van der Waals surface area contributed by atoms with Gasteiger partial charge in [0, 0.05) is 20.0 Å². The number of nitrogens with one attached hydrogen (secondary N) is 1. The molecule has 0 atom stereocenters. The summed E-state index contributed by atoms with van der Waals surface area (Å²) in [6, 6.07) is 0. The Hall–Kier alpha value is -1.52. The Morgan fingerprint density at radius 1 is 1.44 bits per heavy atom. The van der Waals surface area contributed by atoms with Crippen molar-refractivity contribution in [1.82, 2.24) is 14.3 Å². The van der Waals surface area contributed by atoms with Crippen LogP contribution in [0.4, 0.5) is 5.82 Å². The van der Waals surface area contributed by atoms with E-state index in [2.05, 4.69) is 9.97 Å². The van der Waals surface area contributed by atoms with E-state index in [1.807, 2.05) is 0 Å². The molecule has 1 aliphatic heterocycles. The topological polar surface area (TPSA) is 118 Å². The lowest BCUT2D eigenvalue weighted by Gasteiger charge is -2.24. The minimum atomic E-state index is -3.95. The number of hydrogen-bond acceptors (Lipinski definition) is 6. The quantitative estimate of drug-likeness (QED) is 0.595. The summed E-state index contributed by atoms with van der Waals surface area (Å²) >= 11 is 0. The largest absolute Gasteiger partial charge is 0.379 e. The van der Waals surface area contributed by atoms with Crippen LogP contribution in [0.1, 0.15) is 5.82 Å². The van der Waals surface area contributed by atoms with Crippen LogP contribution in [0.5, 0.6) is 0 Å². The number of nitrogens with zero attached hydrogens (tertiary/aromatic N) is 3. The van der Waals surface area contributed by atoms with E-state index < -0.39 is 25.8 Å². The summed E-state index contributed by atoms with van der Waals surface area (Å²) in [6.07, 6.45) is 0. The maximum Gasteiger partial charge on any atom is 0.361 e. The number of imidazole rings is 1. The van der Waals surface area contributed by atoms with Crippen LogP contribution < -0.4 is 0 Å². The number of sulfonamides is 1. The molecule has 0 spiro atoms. The lowest BCUT2D eigenvalue weighted by Crippen LogP contribution is -2.40. The third-order valence-corrected chi connectivity index (χ3v) is 4.33. The number of H-pyrrole nitrogens is 1. The molecule has 1 fully saturated rings. The van der Waals surface area contributed by atoms with Crippen molar-refractivity contribution in [2.24, 2.45) is 0 Å². The number of aryl methyl sites for hydroxylation is 1. The average Bonchev–Trinajstić information content (AvgIpc) is 2.73. The second kappa shape index (κ2) is 4.63. The Labute approximate surface area is 103 Å². The highest BCUT2D eigenvalue weighted by molar-refractivity contribution is 7.89. The van der Waals surface area contributed by atoms with Gasteiger partial charge >= 0.3 is 5.82 Å². The van der Waals surface area contributed by atoms with Crippen LogP contribution in [0.2, 0.25) is 0 Å². The summed E-state index contributed by atoms with van der Waals surface area (Å²) in [5, 5.41) is 10.3. The second-order valence-corrected chi connectivity index (χ2v) is 5.60. The van der Waals surface area contributed by atoms with Gasteiger partial charge in [-0.15, -0.1) is 0 Å². The highest BCUT2D eigenvalue weighted by Crippen LogP contribution is 2.24. The van der Waals surface area contributed by atoms with Gasteiger partial charge in [0.1, 0.15) is 0 Å². The zero-order chi connectivity index (χ0) is 13.3. The van der Waals surface area contributed by atoms with Gasteiger partial charge in [0.2, 0.25) is 0 Å². The van der Waals surface area contributed by atoms with Crippen molar-refractivity contribution in [3.63, 3.8) is 0 Å². The molecule has 0 radical (unpaired) electrons. The Morgan fingerprint density at radius 3 is 2.61 bits per heavy atom. The first-order valence-electron chi connectivity index (χ1n) is 5.22. The fraction of sp³-hybridized carbons (Fsp3) is 0.625. The minimum absolute atomic E-state index is 0.172. The van der Waals surface area contributed by atoms with Crippen LogP contribution in [0.15, 0.2) is 5.03 Å². The molecule has 1 saturated heterocycles. The molecule has 10 heteroatoms. The number of nitro groups is 1. The molecule has 0 unspecified atom stereocenters. The number of rotatable bonds is 3. The highest BCUT2D eigenvalue weighted by Gasteiger charge is 2.35. The van der Waals surface area contributed by atoms with Crippen LogP contribution in [0, 0.1) is 17.0 Å². The summed E-state index contributed by atoms with van der Waals surface area (Å²) < 4.78 is 30.6. The van der Waals surface area contributed by atoms with Gasteiger partial charge in [0.25, 0.3) is 15.0 Å². The first kappa shape index (κ1) is 12.9. The van der Waals surface area contributed by atoms with Crippen molar-refractivity contribution in [3.8, 4) is 0 Å². The summed E-state index contributed by atoms with van der Waals surface area (Å²) in [4.78, 5) is 16.1. The Bertz CT molecular complexity index is 560. The van der Waals surface area contributed by atoms with E-state index in [1.165, 1.54) is 6.92 Å². The molecule has 0 saturated carbocycles. The number of morpholine rings is 1. The predicted octanol–water partition coefficient (Wildman–Crippen LogP) is -0.353. The molecule has 100 valence electrons. The van der Waals surface area contributed by atoms with E-state index >= 15 is 0 Å². The number of aromatic amines is 1. The zero-order valence-electron chi connectivity index (χ0n) is 9.62. The molecule has 0 bridgehead atoms. The van der Waals surface area contributed by atoms with Crippen molar-refractivity contribution in [1.29, 1.82) is 0 Å². The maximum absolute atomic E-state index is 12.2. The Kier molecular flexibility index (Phi) is 3.32. The van der Waals surface area contributed by atoms with Crippen LogP contribution in [0.25, 0.3) is 0 Å². The molecule has 1 aromatic heterocycles. The molecule has 0 aliphatic carbocycles. The molecule has 1 aromatic rings. The molecule has 1 aliphatic rings. The van der Waals surface area contributed by atoms with Gasteiger partial charge < -0.3 is 14.9 Å². The van der Waals surface area contributed by atoms with Gasteiger partial charge in [-0.1, -0.05) is 0 Å². The van der Waals surface area contributed by atoms with Crippen molar-refractivity contribution in [3.05, 3.63) is 15.9 Å². The molecule has 9 nitrogen and oxygen atoms in total. The molecule has 0 aromatic carbocycles. The van der Waals surface area contributed by atoms with Crippen molar-refractivity contribution < 1.29 is 18.1 Å². The SMILES string of the molecule is Cc1nc(S(=O)(=O)N2CCOCC2)c([N+](=O)[O-])[nH]1. The van der Waals surface area contributed by atoms with Crippen LogP contribution >= 0.6 is 0 Å². The van der Waals surface area contributed by atoms with Crippen LogP contribution in [0.3, 0.4) is 0 Å². The molecule has 0 amide bonds. The fourth-order valence-corrected chi connectivity index (χ4v) is 3.17. The predicted molar refractivity (Wildman–Crippen MR) is 59.6 cm³/mol. The molecular formula is C8H12N4O5S. The Balaban J connectivity index is 2.43. The van der Waals surface area contributed by atoms with Gasteiger partial charge in [-0.05, 0) is 4.92 Å². The molecule has 2 rings (SSSR count). The smallest absolute Gasteiger partial charge is 0.361 e. The molecular weight excluding hydrogens is 264 g/mol. The second-order valence-electron chi connectivity index (χ2n) is 3.75. The van der Waals surface area contributed by atoms with Gasteiger partial charge in [-0.2, -0.15) is 9.29 Å². The minimum Gasteiger partial charge on any atom is -0.379 e. The number of ether oxygens (including phenoxy) is 1. The molecule has 1 N–H and O–H groups in total. The summed E-state index contributed by atoms with van der Waals surface area (Å²) in [5.74, 6) is -0.410. The van der Waals surface area contributed by atoms with E-state index in [1.54, 1.807) is 0 Å². The van der Waals surface area contributed by atoms with Crippen LogP contribution in [-0.2, 0) is 14.8 Å². The van der Waals surface area contributed by atoms with Crippen molar-refractivity contribution in [2.75, 3.05) is 26.3 Å². The van der Waals surface area contributed by atoms with Gasteiger partial charge in [-0.3, -0.25) is 0 Å². The van der Waals surface area contributed by atoms with Gasteiger partial charge in [0.05, 0.1) is 13.2 Å². The van der Waals surface area contributed by atoms with Crippen LogP contribution in [-0.4, -0.2) is 53.9 Å². The summed E-state index contributed by atoms with van der Waals surface area (Å²) in [6.45, 7) is 2.36. The third kappa shape index (κ3) is 2.21. The van der Waals surface area contributed by atoms with E-state index in [9.17, 15) is 18.5 Å². The van der Waals surface area contributed by atoms with Crippen molar-refractivity contribution >= 4 is 15.8 Å². The van der Waals surface area contributed by atoms with E-state index in [0.717, 1.165) is 4.31 Å². The lowest BCUT2D eigenvalue weighted by atomic mass is 10.5. The van der Waals surface area contributed by atoms with E-state index in [4.69, 9.17) is 4.74 Å². The fourth-order valence-electron chi connectivity index (χ4n) is 1.67. The van der Waals surface area contributed by atoms with E-state index in [0.29, 0.717) is 0 Å². The number of aromatic nitrogens is 2. The molecule has 18 heavy (non-hydrogen) atoms. The van der Waals surface area contributed by atoms with Crippen molar-refractivity contribution in [2.45, 2.75) is 11.9 Å². The monoisotopic (exact) mass is 276 g/mol.